The number of hydrogen-bond acceptors (Lipinski definition) is 5. The Labute approximate surface area is 173 Å². The number of hydrogen-bond donors (Lipinski definition) is 0. The second kappa shape index (κ2) is 7.80. The summed E-state index contributed by atoms with van der Waals surface area (Å²) in [6.07, 6.45) is 4.23. The molecule has 6 heteroatoms. The number of rotatable bonds is 4. The molecule has 29 heavy (non-hydrogen) atoms. The number of likely N-dealkylation sites (N-methyl/N-ethyl adjacent to an activating group) is 1. The van der Waals surface area contributed by atoms with E-state index in [0.717, 1.165) is 50.5 Å². The summed E-state index contributed by atoms with van der Waals surface area (Å²) in [5.74, 6) is 3.29. The van der Waals surface area contributed by atoms with Crippen LogP contribution in [0.3, 0.4) is 0 Å². The van der Waals surface area contributed by atoms with Crippen LogP contribution in [0.25, 0.3) is 0 Å². The molecule has 4 heterocycles. The van der Waals surface area contributed by atoms with Crippen molar-refractivity contribution in [1.82, 2.24) is 14.7 Å². The molecule has 0 saturated carbocycles. The van der Waals surface area contributed by atoms with Gasteiger partial charge in [-0.25, -0.2) is 0 Å². The molecule has 1 amide bonds. The van der Waals surface area contributed by atoms with Gasteiger partial charge in [-0.3, -0.25) is 9.69 Å². The van der Waals surface area contributed by atoms with Crippen molar-refractivity contribution in [3.63, 3.8) is 0 Å². The number of likely N-dealkylation sites (tertiary alicyclic amines) is 1. The van der Waals surface area contributed by atoms with Gasteiger partial charge in [0.25, 0.3) is 0 Å². The molecule has 0 aliphatic carbocycles. The number of carbonyl (C=O) groups excluding carboxylic acids is 1. The third kappa shape index (κ3) is 3.73. The van der Waals surface area contributed by atoms with E-state index < -0.39 is 0 Å². The quantitative estimate of drug-likeness (QED) is 0.777. The summed E-state index contributed by atoms with van der Waals surface area (Å²) in [6, 6.07) is 7.14. The van der Waals surface area contributed by atoms with Gasteiger partial charge in [0.05, 0.1) is 0 Å². The smallest absolute Gasteiger partial charge is 0.223 e. The van der Waals surface area contributed by atoms with E-state index in [9.17, 15) is 4.79 Å². The Hall–Kier alpha value is -1.79. The second-order valence-corrected chi connectivity index (χ2v) is 9.52. The Morgan fingerprint density at radius 3 is 2.72 bits per heavy atom. The van der Waals surface area contributed by atoms with Crippen molar-refractivity contribution in [1.29, 1.82) is 0 Å². The zero-order chi connectivity index (χ0) is 20.0. The summed E-state index contributed by atoms with van der Waals surface area (Å²) in [5, 5.41) is 0. The Kier molecular flexibility index (Phi) is 5.16. The minimum atomic E-state index is 0.349. The Bertz CT molecular complexity index is 768. The fraction of sp³-hybridized carbons (Fsp3) is 0.696. The van der Waals surface area contributed by atoms with Crippen LogP contribution >= 0.6 is 0 Å². The van der Waals surface area contributed by atoms with Crippen LogP contribution in [-0.4, -0.2) is 79.6 Å². The normalized spacial score (nSPS) is 31.7. The van der Waals surface area contributed by atoms with Gasteiger partial charge >= 0.3 is 0 Å². The molecule has 4 aliphatic heterocycles. The number of carbonyl (C=O) groups is 1. The van der Waals surface area contributed by atoms with Crippen LogP contribution in [0.15, 0.2) is 18.2 Å². The SMILES string of the molecule is CN(C)C[C@H]1[C@H]2C[C@H](CN(Cc3ccc4c(c3)OCCO4)C2)[C@@H]2CCCC(=O)N21. The molecule has 4 aliphatic rings. The molecule has 3 saturated heterocycles. The lowest BCUT2D eigenvalue weighted by Crippen LogP contribution is -2.66. The van der Waals surface area contributed by atoms with Crippen molar-refractivity contribution in [2.24, 2.45) is 11.8 Å². The predicted molar refractivity (Wildman–Crippen MR) is 111 cm³/mol. The van der Waals surface area contributed by atoms with Crippen molar-refractivity contribution in [2.75, 3.05) is 46.9 Å². The first-order valence-corrected chi connectivity index (χ1v) is 11.2. The van der Waals surface area contributed by atoms with E-state index >= 15 is 0 Å². The fourth-order valence-electron chi connectivity index (χ4n) is 6.05. The van der Waals surface area contributed by atoms with Crippen LogP contribution in [-0.2, 0) is 11.3 Å². The summed E-state index contributed by atoms with van der Waals surface area (Å²) in [4.78, 5) is 20.0. The van der Waals surface area contributed by atoms with E-state index in [4.69, 9.17) is 9.47 Å². The summed E-state index contributed by atoms with van der Waals surface area (Å²) >= 11 is 0. The molecule has 5 rings (SSSR count). The molecular weight excluding hydrogens is 366 g/mol. The largest absolute Gasteiger partial charge is 0.486 e. The second-order valence-electron chi connectivity index (χ2n) is 9.52. The highest BCUT2D eigenvalue weighted by Crippen LogP contribution is 2.42. The van der Waals surface area contributed by atoms with Gasteiger partial charge in [0.1, 0.15) is 13.2 Å². The summed E-state index contributed by atoms with van der Waals surface area (Å²) in [5.41, 5.74) is 1.29. The number of benzene rings is 1. The van der Waals surface area contributed by atoms with Crippen molar-refractivity contribution in [2.45, 2.75) is 44.3 Å². The molecule has 0 N–H and O–H groups in total. The highest BCUT2D eigenvalue weighted by atomic mass is 16.6. The van der Waals surface area contributed by atoms with Crippen LogP contribution in [0.5, 0.6) is 11.5 Å². The van der Waals surface area contributed by atoms with E-state index in [1.165, 1.54) is 18.4 Å². The molecule has 0 radical (unpaired) electrons. The lowest BCUT2D eigenvalue weighted by molar-refractivity contribution is -0.153. The first-order chi connectivity index (χ1) is 14.1. The first-order valence-electron chi connectivity index (χ1n) is 11.2. The van der Waals surface area contributed by atoms with Gasteiger partial charge in [0.15, 0.2) is 11.5 Å². The predicted octanol–water partition coefficient (Wildman–Crippen LogP) is 2.22. The zero-order valence-corrected chi connectivity index (χ0v) is 17.7. The molecule has 6 nitrogen and oxygen atoms in total. The van der Waals surface area contributed by atoms with Crippen molar-refractivity contribution < 1.29 is 14.3 Å². The Morgan fingerprint density at radius 2 is 1.90 bits per heavy atom. The van der Waals surface area contributed by atoms with Crippen LogP contribution in [0, 0.1) is 11.8 Å². The minimum Gasteiger partial charge on any atom is -0.486 e. The Morgan fingerprint density at radius 1 is 1.10 bits per heavy atom. The minimum absolute atomic E-state index is 0.349. The van der Waals surface area contributed by atoms with Crippen LogP contribution in [0.1, 0.15) is 31.2 Å². The van der Waals surface area contributed by atoms with Crippen molar-refractivity contribution in [3.8, 4) is 11.5 Å². The van der Waals surface area contributed by atoms with Gasteiger partial charge < -0.3 is 19.3 Å². The standard InChI is InChI=1S/C23H33N3O3/c1-24(2)15-20-18-11-17(19-4-3-5-23(27)26(19)20)13-25(14-18)12-16-6-7-21-22(10-16)29-9-8-28-21/h6-7,10,17-20H,3-5,8-9,11-15H2,1-2H3/t17-,18+,19+,20+/m1/s1. The first kappa shape index (κ1) is 19.2. The lowest BCUT2D eigenvalue weighted by atomic mass is 9.72. The van der Waals surface area contributed by atoms with Gasteiger partial charge in [-0.2, -0.15) is 0 Å². The molecule has 0 spiro atoms. The number of piperidine rings is 3. The summed E-state index contributed by atoms with van der Waals surface area (Å²) in [7, 11) is 4.26. The number of amides is 1. The molecule has 0 unspecified atom stereocenters. The van der Waals surface area contributed by atoms with Crippen LogP contribution < -0.4 is 9.47 Å². The molecule has 158 valence electrons. The van der Waals surface area contributed by atoms with Gasteiger partial charge in [0, 0.05) is 44.7 Å². The fourth-order valence-corrected chi connectivity index (χ4v) is 6.05. The topological polar surface area (TPSA) is 45.3 Å². The average molecular weight is 400 g/mol. The van der Waals surface area contributed by atoms with Gasteiger partial charge in [-0.1, -0.05) is 6.07 Å². The highest BCUT2D eigenvalue weighted by Gasteiger charge is 2.49. The van der Waals surface area contributed by atoms with Gasteiger partial charge in [-0.05, 0) is 62.9 Å². The number of ether oxygens (including phenoxy) is 2. The summed E-state index contributed by atoms with van der Waals surface area (Å²) < 4.78 is 11.4. The molecule has 0 aromatic heterocycles. The average Bonchev–Trinajstić information content (AvgIpc) is 2.71. The zero-order valence-electron chi connectivity index (χ0n) is 17.7. The number of fused-ring (bicyclic) bond motifs is 5. The molecule has 4 atom stereocenters. The monoisotopic (exact) mass is 399 g/mol. The Balaban J connectivity index is 1.35. The molecule has 1 aromatic carbocycles. The van der Waals surface area contributed by atoms with Crippen molar-refractivity contribution in [3.05, 3.63) is 23.8 Å². The van der Waals surface area contributed by atoms with Crippen LogP contribution in [0.2, 0.25) is 0 Å². The molecular formula is C23H33N3O3. The molecule has 1 aromatic rings. The van der Waals surface area contributed by atoms with E-state index in [1.807, 2.05) is 6.07 Å². The lowest BCUT2D eigenvalue weighted by Gasteiger charge is -2.57. The maximum Gasteiger partial charge on any atom is 0.223 e. The highest BCUT2D eigenvalue weighted by molar-refractivity contribution is 5.78. The maximum atomic E-state index is 12.8. The summed E-state index contributed by atoms with van der Waals surface area (Å²) in [6.45, 7) is 5.33. The van der Waals surface area contributed by atoms with E-state index in [1.54, 1.807) is 0 Å². The third-order valence-electron chi connectivity index (χ3n) is 7.14. The third-order valence-corrected chi connectivity index (χ3v) is 7.14. The molecule has 2 bridgehead atoms. The van der Waals surface area contributed by atoms with Crippen LogP contribution in [0.4, 0.5) is 0 Å². The van der Waals surface area contributed by atoms with Crippen molar-refractivity contribution >= 4 is 5.91 Å². The van der Waals surface area contributed by atoms with Gasteiger partial charge in [-0.15, -0.1) is 0 Å². The van der Waals surface area contributed by atoms with E-state index in [-0.39, 0.29) is 0 Å². The maximum absolute atomic E-state index is 12.8. The van der Waals surface area contributed by atoms with Gasteiger partial charge in [0.2, 0.25) is 5.91 Å². The van der Waals surface area contributed by atoms with E-state index in [2.05, 4.69) is 40.9 Å². The molecule has 3 fully saturated rings. The van der Waals surface area contributed by atoms with E-state index in [0.29, 0.717) is 43.0 Å². The number of nitrogens with zero attached hydrogens (tertiary/aromatic N) is 3.